The van der Waals surface area contributed by atoms with Crippen molar-refractivity contribution in [1.29, 1.82) is 0 Å². The van der Waals surface area contributed by atoms with Crippen molar-refractivity contribution in [2.75, 3.05) is 20.8 Å². The highest BCUT2D eigenvalue weighted by molar-refractivity contribution is 6.06. The van der Waals surface area contributed by atoms with Crippen LogP contribution in [0.4, 0.5) is 0 Å². The van der Waals surface area contributed by atoms with E-state index in [1.54, 1.807) is 14.2 Å². The van der Waals surface area contributed by atoms with Crippen molar-refractivity contribution in [3.8, 4) is 11.5 Å². The molecule has 0 saturated heterocycles. The van der Waals surface area contributed by atoms with E-state index in [2.05, 4.69) is 32.9 Å². The number of nitrogens with zero attached hydrogens (tertiary/aromatic N) is 1. The quantitative estimate of drug-likeness (QED) is 0.804. The van der Waals surface area contributed by atoms with Gasteiger partial charge in [-0.15, -0.1) is 0 Å². The Hall–Kier alpha value is -1.51. The van der Waals surface area contributed by atoms with Crippen LogP contribution in [0.2, 0.25) is 0 Å². The van der Waals surface area contributed by atoms with Gasteiger partial charge in [0.05, 0.1) is 14.2 Å². The third kappa shape index (κ3) is 2.22. The highest BCUT2D eigenvalue weighted by Gasteiger charge is 2.26. The summed E-state index contributed by atoms with van der Waals surface area (Å²) in [5.74, 6) is 1.57. The van der Waals surface area contributed by atoms with Gasteiger partial charge in [-0.05, 0) is 24.1 Å². The van der Waals surface area contributed by atoms with Crippen LogP contribution < -0.4 is 9.47 Å². The third-order valence-electron chi connectivity index (χ3n) is 3.23. The monoisotopic (exact) mass is 247 g/mol. The zero-order valence-electron chi connectivity index (χ0n) is 11.8. The number of hydrogen-bond acceptors (Lipinski definition) is 3. The minimum absolute atomic E-state index is 0.0504. The van der Waals surface area contributed by atoms with E-state index in [0.717, 1.165) is 30.2 Å². The number of fused-ring (bicyclic) bond motifs is 1. The smallest absolute Gasteiger partial charge is 0.161 e. The molecule has 1 aliphatic rings. The number of aliphatic imine (C=N–C) groups is 1. The topological polar surface area (TPSA) is 30.8 Å². The van der Waals surface area contributed by atoms with Crippen LogP contribution in [-0.2, 0) is 6.42 Å². The number of benzene rings is 1. The Labute approximate surface area is 109 Å². The Morgan fingerprint density at radius 1 is 1.06 bits per heavy atom. The molecule has 0 radical (unpaired) electrons. The van der Waals surface area contributed by atoms with Crippen LogP contribution in [0.3, 0.4) is 0 Å². The molecule has 3 heteroatoms. The molecule has 0 spiro atoms. The van der Waals surface area contributed by atoms with Gasteiger partial charge in [-0.1, -0.05) is 20.8 Å². The van der Waals surface area contributed by atoms with E-state index in [4.69, 9.17) is 14.5 Å². The van der Waals surface area contributed by atoms with Gasteiger partial charge in [-0.2, -0.15) is 0 Å². The first-order chi connectivity index (χ1) is 8.47. The summed E-state index contributed by atoms with van der Waals surface area (Å²) in [6, 6.07) is 4.13. The van der Waals surface area contributed by atoms with Crippen LogP contribution in [0.25, 0.3) is 0 Å². The van der Waals surface area contributed by atoms with Gasteiger partial charge in [0.2, 0.25) is 0 Å². The maximum absolute atomic E-state index is 5.38. The molecule has 0 unspecified atom stereocenters. The van der Waals surface area contributed by atoms with Gasteiger partial charge in [-0.3, -0.25) is 4.99 Å². The molecule has 18 heavy (non-hydrogen) atoms. The van der Waals surface area contributed by atoms with Crippen LogP contribution in [0, 0.1) is 5.41 Å². The van der Waals surface area contributed by atoms with E-state index in [0.29, 0.717) is 0 Å². The Morgan fingerprint density at radius 3 is 2.22 bits per heavy atom. The van der Waals surface area contributed by atoms with Crippen molar-refractivity contribution in [2.45, 2.75) is 27.2 Å². The van der Waals surface area contributed by atoms with Crippen molar-refractivity contribution < 1.29 is 9.47 Å². The molecule has 3 nitrogen and oxygen atoms in total. The van der Waals surface area contributed by atoms with Gasteiger partial charge in [0.1, 0.15) is 0 Å². The highest BCUT2D eigenvalue weighted by Crippen LogP contribution is 2.35. The molecule has 0 aliphatic carbocycles. The van der Waals surface area contributed by atoms with E-state index >= 15 is 0 Å². The predicted molar refractivity (Wildman–Crippen MR) is 74.1 cm³/mol. The van der Waals surface area contributed by atoms with Crippen LogP contribution in [0.1, 0.15) is 31.9 Å². The number of ether oxygens (including phenoxy) is 2. The Bertz CT molecular complexity index is 484. The van der Waals surface area contributed by atoms with E-state index in [1.165, 1.54) is 11.1 Å². The summed E-state index contributed by atoms with van der Waals surface area (Å²) >= 11 is 0. The van der Waals surface area contributed by atoms with Crippen LogP contribution in [0.5, 0.6) is 11.5 Å². The first-order valence-corrected chi connectivity index (χ1v) is 6.27. The van der Waals surface area contributed by atoms with Gasteiger partial charge in [-0.25, -0.2) is 0 Å². The summed E-state index contributed by atoms with van der Waals surface area (Å²) in [5, 5.41) is 0. The van der Waals surface area contributed by atoms with E-state index in [9.17, 15) is 0 Å². The second kappa shape index (κ2) is 4.63. The molecule has 1 heterocycles. The summed E-state index contributed by atoms with van der Waals surface area (Å²) in [7, 11) is 3.34. The Morgan fingerprint density at radius 2 is 1.67 bits per heavy atom. The lowest BCUT2D eigenvalue weighted by molar-refractivity contribution is 0.354. The number of hydrogen-bond donors (Lipinski definition) is 0. The predicted octanol–water partition coefficient (Wildman–Crippen LogP) is 3.10. The van der Waals surface area contributed by atoms with Crippen LogP contribution >= 0.6 is 0 Å². The molecule has 0 saturated carbocycles. The molecular formula is C15H21NO2. The first kappa shape index (κ1) is 12.9. The molecule has 1 aliphatic heterocycles. The van der Waals surface area contributed by atoms with Gasteiger partial charge in [0.25, 0.3) is 0 Å². The van der Waals surface area contributed by atoms with Gasteiger partial charge in [0, 0.05) is 23.2 Å². The third-order valence-corrected chi connectivity index (χ3v) is 3.23. The molecule has 98 valence electrons. The average molecular weight is 247 g/mol. The maximum atomic E-state index is 5.38. The fourth-order valence-electron chi connectivity index (χ4n) is 2.36. The minimum Gasteiger partial charge on any atom is -0.493 e. The van der Waals surface area contributed by atoms with E-state index in [1.807, 2.05) is 0 Å². The van der Waals surface area contributed by atoms with Crippen molar-refractivity contribution in [2.24, 2.45) is 10.4 Å². The van der Waals surface area contributed by atoms with Gasteiger partial charge in [0.15, 0.2) is 11.5 Å². The molecule has 2 rings (SSSR count). The lowest BCUT2D eigenvalue weighted by atomic mass is 9.81. The molecule has 0 N–H and O–H groups in total. The zero-order valence-corrected chi connectivity index (χ0v) is 11.8. The number of methoxy groups -OCH3 is 2. The van der Waals surface area contributed by atoms with Crippen LogP contribution in [0.15, 0.2) is 17.1 Å². The summed E-state index contributed by atoms with van der Waals surface area (Å²) in [6.07, 6.45) is 0.968. The Kier molecular flexibility index (Phi) is 3.33. The standard InChI is InChI=1S/C15H21NO2/c1-15(2,3)14-11-9-13(18-5)12(17-4)8-10(11)6-7-16-14/h8-9H,6-7H2,1-5H3. The summed E-state index contributed by atoms with van der Waals surface area (Å²) in [4.78, 5) is 4.69. The molecule has 0 bridgehead atoms. The SMILES string of the molecule is COc1cc2c(cc1OC)C(C(C)(C)C)=NCC2. The van der Waals surface area contributed by atoms with Crippen molar-refractivity contribution in [3.63, 3.8) is 0 Å². The van der Waals surface area contributed by atoms with Crippen molar-refractivity contribution >= 4 is 5.71 Å². The largest absolute Gasteiger partial charge is 0.493 e. The zero-order chi connectivity index (χ0) is 13.3. The summed E-state index contributed by atoms with van der Waals surface area (Å²) in [6.45, 7) is 7.43. The minimum atomic E-state index is 0.0504. The lowest BCUT2D eigenvalue weighted by Gasteiger charge is -2.27. The van der Waals surface area contributed by atoms with E-state index in [-0.39, 0.29) is 5.41 Å². The molecule has 0 amide bonds. The summed E-state index contributed by atoms with van der Waals surface area (Å²) < 4.78 is 10.7. The van der Waals surface area contributed by atoms with Crippen LogP contribution in [-0.4, -0.2) is 26.5 Å². The average Bonchev–Trinajstić information content (AvgIpc) is 2.35. The molecule has 0 aromatic heterocycles. The summed E-state index contributed by atoms with van der Waals surface area (Å²) in [5.41, 5.74) is 3.71. The fourth-order valence-corrected chi connectivity index (χ4v) is 2.36. The molecule has 0 fully saturated rings. The first-order valence-electron chi connectivity index (χ1n) is 6.27. The molecule has 0 atom stereocenters. The molecule has 1 aromatic carbocycles. The van der Waals surface area contributed by atoms with E-state index < -0.39 is 0 Å². The molecule has 1 aromatic rings. The number of rotatable bonds is 2. The van der Waals surface area contributed by atoms with Gasteiger partial charge < -0.3 is 9.47 Å². The maximum Gasteiger partial charge on any atom is 0.161 e. The van der Waals surface area contributed by atoms with Gasteiger partial charge >= 0.3 is 0 Å². The lowest BCUT2D eigenvalue weighted by Crippen LogP contribution is -2.26. The fraction of sp³-hybridized carbons (Fsp3) is 0.533. The second-order valence-corrected chi connectivity index (χ2v) is 5.59. The second-order valence-electron chi connectivity index (χ2n) is 5.59. The van der Waals surface area contributed by atoms with Crippen molar-refractivity contribution in [3.05, 3.63) is 23.3 Å². The molecular weight excluding hydrogens is 226 g/mol. The van der Waals surface area contributed by atoms with Crippen molar-refractivity contribution in [1.82, 2.24) is 0 Å². The normalized spacial score (nSPS) is 14.8. The highest BCUT2D eigenvalue weighted by atomic mass is 16.5. The Balaban J connectivity index is 2.57.